The zero-order valence-corrected chi connectivity index (χ0v) is 14.6. The Balaban J connectivity index is 2.21. The smallest absolute Gasteiger partial charge is 0.343 e. The number of hydrogen-bond acceptors (Lipinski definition) is 4. The second-order valence-corrected chi connectivity index (χ2v) is 7.77. The van der Waals surface area contributed by atoms with Gasteiger partial charge in [-0.1, -0.05) is 23.2 Å². The largest absolute Gasteiger partial charge is 0.421 e. The van der Waals surface area contributed by atoms with Gasteiger partial charge in [0.1, 0.15) is 5.75 Å². The van der Waals surface area contributed by atoms with E-state index in [0.717, 1.165) is 4.31 Å². The van der Waals surface area contributed by atoms with Crippen LogP contribution in [0.3, 0.4) is 0 Å². The highest BCUT2D eigenvalue weighted by Crippen LogP contribution is 2.28. The third-order valence-corrected chi connectivity index (χ3v) is 5.32. The summed E-state index contributed by atoms with van der Waals surface area (Å²) in [6, 6.07) is 9.92. The Kier molecular flexibility index (Phi) is 5.31. The molecule has 0 unspecified atom stereocenters. The highest BCUT2D eigenvalue weighted by atomic mass is 35.5. The average molecular weight is 374 g/mol. The summed E-state index contributed by atoms with van der Waals surface area (Å²) >= 11 is 11.7. The van der Waals surface area contributed by atoms with E-state index < -0.39 is 16.0 Å². The van der Waals surface area contributed by atoms with Gasteiger partial charge in [0.15, 0.2) is 0 Å². The molecule has 0 aromatic heterocycles. The standard InChI is InChI=1S/C15H13Cl2NO4S/c1-18(2)23(20,21)12-6-3-10(4-7-12)15(19)22-14-8-5-11(16)9-13(14)17/h3-9H,1-2H3. The normalized spacial score (nSPS) is 11.5. The van der Waals surface area contributed by atoms with E-state index in [0.29, 0.717) is 5.02 Å². The number of ether oxygens (including phenoxy) is 1. The lowest BCUT2D eigenvalue weighted by molar-refractivity contribution is 0.0734. The van der Waals surface area contributed by atoms with Crippen molar-refractivity contribution in [1.82, 2.24) is 4.31 Å². The molecule has 0 saturated heterocycles. The summed E-state index contributed by atoms with van der Waals surface area (Å²) < 4.78 is 30.2. The minimum Gasteiger partial charge on any atom is -0.421 e. The number of carbonyl (C=O) groups is 1. The topological polar surface area (TPSA) is 63.7 Å². The molecule has 0 saturated carbocycles. The van der Waals surface area contributed by atoms with E-state index >= 15 is 0 Å². The Bertz CT molecular complexity index is 833. The van der Waals surface area contributed by atoms with Crippen molar-refractivity contribution in [3.8, 4) is 5.75 Å². The van der Waals surface area contributed by atoms with Crippen LogP contribution in [0.15, 0.2) is 47.4 Å². The zero-order chi connectivity index (χ0) is 17.2. The van der Waals surface area contributed by atoms with Crippen LogP contribution >= 0.6 is 23.2 Å². The molecule has 122 valence electrons. The summed E-state index contributed by atoms with van der Waals surface area (Å²) in [5, 5.41) is 0.630. The molecule has 0 atom stereocenters. The van der Waals surface area contributed by atoms with Gasteiger partial charge in [-0.2, -0.15) is 0 Å². The molecule has 0 aliphatic carbocycles. The number of carbonyl (C=O) groups excluding carboxylic acids is 1. The first-order valence-corrected chi connectivity index (χ1v) is 8.61. The van der Waals surface area contributed by atoms with E-state index in [1.54, 1.807) is 6.07 Å². The lowest BCUT2D eigenvalue weighted by Crippen LogP contribution is -2.22. The summed E-state index contributed by atoms with van der Waals surface area (Å²) in [6.45, 7) is 0. The molecule has 0 aliphatic heterocycles. The van der Waals surface area contributed by atoms with Crippen molar-refractivity contribution >= 4 is 39.2 Å². The van der Waals surface area contributed by atoms with Crippen LogP contribution in [0.5, 0.6) is 5.75 Å². The van der Waals surface area contributed by atoms with E-state index in [2.05, 4.69) is 0 Å². The van der Waals surface area contributed by atoms with E-state index in [-0.39, 0.29) is 21.2 Å². The lowest BCUT2D eigenvalue weighted by atomic mass is 10.2. The summed E-state index contributed by atoms with van der Waals surface area (Å²) in [5.74, 6) is -0.478. The van der Waals surface area contributed by atoms with Gasteiger partial charge in [-0.15, -0.1) is 0 Å². The van der Waals surface area contributed by atoms with Crippen LogP contribution in [0.1, 0.15) is 10.4 Å². The molecular formula is C15H13Cl2NO4S. The first-order valence-electron chi connectivity index (χ1n) is 6.41. The Morgan fingerprint density at radius 1 is 1.04 bits per heavy atom. The minimum atomic E-state index is -3.54. The molecule has 0 spiro atoms. The predicted molar refractivity (Wildman–Crippen MR) is 88.7 cm³/mol. The zero-order valence-electron chi connectivity index (χ0n) is 12.3. The van der Waals surface area contributed by atoms with Crippen LogP contribution in [-0.2, 0) is 10.0 Å². The molecule has 0 radical (unpaired) electrons. The second kappa shape index (κ2) is 6.88. The maximum absolute atomic E-state index is 12.1. The SMILES string of the molecule is CN(C)S(=O)(=O)c1ccc(C(=O)Oc2ccc(Cl)cc2Cl)cc1. The van der Waals surface area contributed by atoms with Gasteiger partial charge in [0, 0.05) is 19.1 Å². The van der Waals surface area contributed by atoms with Crippen molar-refractivity contribution < 1.29 is 17.9 Å². The van der Waals surface area contributed by atoms with Crippen LogP contribution in [0.25, 0.3) is 0 Å². The van der Waals surface area contributed by atoms with E-state index in [4.69, 9.17) is 27.9 Å². The molecule has 0 aliphatic rings. The number of rotatable bonds is 4. The fraction of sp³-hybridized carbons (Fsp3) is 0.133. The molecule has 5 nitrogen and oxygen atoms in total. The first kappa shape index (κ1) is 17.7. The lowest BCUT2D eigenvalue weighted by Gasteiger charge is -2.11. The highest BCUT2D eigenvalue weighted by Gasteiger charge is 2.18. The minimum absolute atomic E-state index is 0.0866. The Morgan fingerprint density at radius 2 is 1.65 bits per heavy atom. The van der Waals surface area contributed by atoms with Crippen molar-refractivity contribution in [3.63, 3.8) is 0 Å². The van der Waals surface area contributed by atoms with Crippen LogP contribution in [0, 0.1) is 0 Å². The van der Waals surface area contributed by atoms with Crippen LogP contribution < -0.4 is 4.74 Å². The van der Waals surface area contributed by atoms with Gasteiger partial charge in [0.25, 0.3) is 0 Å². The van der Waals surface area contributed by atoms with Gasteiger partial charge in [0.05, 0.1) is 15.5 Å². The summed E-state index contributed by atoms with van der Waals surface area (Å²) in [6.07, 6.45) is 0. The molecule has 2 aromatic rings. The molecule has 0 amide bonds. The summed E-state index contributed by atoms with van der Waals surface area (Å²) in [7, 11) is -0.683. The van der Waals surface area contributed by atoms with Crippen molar-refractivity contribution in [2.24, 2.45) is 0 Å². The fourth-order valence-corrected chi connectivity index (χ4v) is 3.04. The maximum Gasteiger partial charge on any atom is 0.343 e. The maximum atomic E-state index is 12.1. The van der Waals surface area contributed by atoms with E-state index in [1.807, 2.05) is 0 Å². The molecule has 23 heavy (non-hydrogen) atoms. The van der Waals surface area contributed by atoms with Gasteiger partial charge < -0.3 is 4.74 Å². The number of esters is 1. The summed E-state index contributed by atoms with van der Waals surface area (Å²) in [4.78, 5) is 12.2. The van der Waals surface area contributed by atoms with E-state index in [9.17, 15) is 13.2 Å². The number of sulfonamides is 1. The Morgan fingerprint density at radius 3 is 2.17 bits per heavy atom. The van der Waals surface area contributed by atoms with Crippen LogP contribution in [0.4, 0.5) is 0 Å². The molecule has 0 N–H and O–H groups in total. The van der Waals surface area contributed by atoms with Crippen molar-refractivity contribution in [2.75, 3.05) is 14.1 Å². The van der Waals surface area contributed by atoms with Crippen LogP contribution in [-0.4, -0.2) is 32.8 Å². The van der Waals surface area contributed by atoms with Crippen molar-refractivity contribution in [2.45, 2.75) is 4.90 Å². The number of hydrogen-bond donors (Lipinski definition) is 0. The molecular weight excluding hydrogens is 361 g/mol. The fourth-order valence-electron chi connectivity index (χ4n) is 1.69. The quantitative estimate of drug-likeness (QED) is 0.607. The van der Waals surface area contributed by atoms with Gasteiger partial charge >= 0.3 is 5.97 Å². The van der Waals surface area contributed by atoms with E-state index in [1.165, 1.54) is 50.5 Å². The molecule has 2 rings (SSSR count). The number of nitrogens with zero attached hydrogens (tertiary/aromatic N) is 1. The van der Waals surface area contributed by atoms with Crippen molar-refractivity contribution in [1.29, 1.82) is 0 Å². The molecule has 0 heterocycles. The van der Waals surface area contributed by atoms with Gasteiger partial charge in [-0.3, -0.25) is 0 Å². The third-order valence-electron chi connectivity index (χ3n) is 2.97. The van der Waals surface area contributed by atoms with Crippen LogP contribution in [0.2, 0.25) is 10.0 Å². The molecule has 8 heteroatoms. The second-order valence-electron chi connectivity index (χ2n) is 4.78. The average Bonchev–Trinajstić information content (AvgIpc) is 2.50. The predicted octanol–water partition coefficient (Wildman–Crippen LogP) is 3.46. The number of halogens is 2. The Hall–Kier alpha value is -1.60. The van der Waals surface area contributed by atoms with Gasteiger partial charge in [-0.05, 0) is 42.5 Å². The van der Waals surface area contributed by atoms with Gasteiger partial charge in [-0.25, -0.2) is 17.5 Å². The summed E-state index contributed by atoms with van der Waals surface area (Å²) in [5.41, 5.74) is 0.203. The van der Waals surface area contributed by atoms with Gasteiger partial charge in [0.2, 0.25) is 10.0 Å². The monoisotopic (exact) mass is 373 g/mol. The molecule has 2 aromatic carbocycles. The third kappa shape index (κ3) is 4.03. The Labute approximate surface area is 144 Å². The highest BCUT2D eigenvalue weighted by molar-refractivity contribution is 7.89. The number of benzene rings is 2. The molecule has 0 bridgehead atoms. The van der Waals surface area contributed by atoms with Crippen molar-refractivity contribution in [3.05, 3.63) is 58.1 Å². The first-order chi connectivity index (χ1) is 10.7. The molecule has 0 fully saturated rings.